The molecule has 0 aromatic carbocycles. The molecule has 11 nitrogen and oxygen atoms in total. The Morgan fingerprint density at radius 3 is 2.50 bits per heavy atom. The second-order valence-corrected chi connectivity index (χ2v) is 12.3. The molecule has 2 heterocycles. The first-order valence-corrected chi connectivity index (χ1v) is 13.3. The van der Waals surface area contributed by atoms with Crippen LogP contribution in [0, 0.1) is 34.5 Å². The van der Waals surface area contributed by atoms with Crippen molar-refractivity contribution in [2.45, 2.75) is 96.3 Å². The second-order valence-electron chi connectivity index (χ2n) is 12.3. The molecule has 0 amide bonds. The Kier molecular flexibility index (Phi) is 6.14. The largest absolute Gasteiger partial charge is 0.459 e. The molecular formula is C27H38O11. The Bertz CT molecular complexity index is 1090. The number of hydrogen-bond donors (Lipinski definition) is 4. The summed E-state index contributed by atoms with van der Waals surface area (Å²) < 4.78 is 22.9. The Hall–Kier alpha value is -2.05. The van der Waals surface area contributed by atoms with E-state index >= 15 is 0 Å². The van der Waals surface area contributed by atoms with Gasteiger partial charge in [0.1, 0.15) is 12.2 Å². The summed E-state index contributed by atoms with van der Waals surface area (Å²) in [5, 5.41) is 45.5. The molecule has 212 valence electrons. The van der Waals surface area contributed by atoms with E-state index in [-0.39, 0.29) is 13.0 Å². The van der Waals surface area contributed by atoms with Gasteiger partial charge < -0.3 is 39.4 Å². The van der Waals surface area contributed by atoms with Crippen LogP contribution < -0.4 is 0 Å². The van der Waals surface area contributed by atoms with Gasteiger partial charge in [-0.3, -0.25) is 4.79 Å². The van der Waals surface area contributed by atoms with Crippen molar-refractivity contribution >= 4 is 17.9 Å². The summed E-state index contributed by atoms with van der Waals surface area (Å²) >= 11 is 0. The van der Waals surface area contributed by atoms with Crippen molar-refractivity contribution in [1.82, 2.24) is 0 Å². The highest BCUT2D eigenvalue weighted by atomic mass is 16.7. The van der Waals surface area contributed by atoms with Crippen LogP contribution in [0.4, 0.5) is 0 Å². The van der Waals surface area contributed by atoms with E-state index in [4.69, 9.17) is 18.9 Å². The minimum Gasteiger partial charge on any atom is -0.459 e. The minimum absolute atomic E-state index is 0.0880. The van der Waals surface area contributed by atoms with E-state index in [9.17, 15) is 34.8 Å². The highest BCUT2D eigenvalue weighted by Gasteiger charge is 2.83. The van der Waals surface area contributed by atoms with E-state index in [2.05, 4.69) is 0 Å². The molecule has 2 bridgehead atoms. The van der Waals surface area contributed by atoms with E-state index in [0.29, 0.717) is 6.42 Å². The zero-order valence-corrected chi connectivity index (χ0v) is 22.5. The van der Waals surface area contributed by atoms with Crippen molar-refractivity contribution in [2.75, 3.05) is 6.61 Å². The molecule has 2 saturated heterocycles. The zero-order valence-electron chi connectivity index (χ0n) is 22.5. The van der Waals surface area contributed by atoms with Gasteiger partial charge in [-0.05, 0) is 38.5 Å². The van der Waals surface area contributed by atoms with Gasteiger partial charge in [0, 0.05) is 29.6 Å². The molecule has 38 heavy (non-hydrogen) atoms. The third-order valence-corrected chi connectivity index (χ3v) is 10.5. The number of carbonyl (C=O) groups excluding carboxylic acids is 3. The number of aliphatic hydroxyl groups is 4. The monoisotopic (exact) mass is 538 g/mol. The number of hydrogen-bond acceptors (Lipinski definition) is 11. The maximum absolute atomic E-state index is 13.5. The van der Waals surface area contributed by atoms with E-state index in [1.807, 2.05) is 6.92 Å². The summed E-state index contributed by atoms with van der Waals surface area (Å²) in [5.74, 6) is -7.52. The van der Waals surface area contributed by atoms with Crippen LogP contribution in [0.3, 0.4) is 0 Å². The maximum Gasteiger partial charge on any atom is 0.351 e. The lowest BCUT2D eigenvalue weighted by atomic mass is 9.38. The van der Waals surface area contributed by atoms with Crippen molar-refractivity contribution in [2.24, 2.45) is 34.5 Å². The molecule has 0 aromatic heterocycles. The molecule has 3 aliphatic carbocycles. The van der Waals surface area contributed by atoms with Gasteiger partial charge in [-0.2, -0.15) is 0 Å². The average Bonchev–Trinajstić information content (AvgIpc) is 3.13. The molecule has 2 saturated carbocycles. The van der Waals surface area contributed by atoms with Crippen molar-refractivity contribution in [3.63, 3.8) is 0 Å². The van der Waals surface area contributed by atoms with Crippen molar-refractivity contribution in [3.05, 3.63) is 11.6 Å². The van der Waals surface area contributed by atoms with Gasteiger partial charge in [0.2, 0.25) is 11.7 Å². The van der Waals surface area contributed by atoms with E-state index in [1.165, 1.54) is 13.8 Å². The summed E-state index contributed by atoms with van der Waals surface area (Å²) in [6.07, 6.45) is -4.32. The Morgan fingerprint density at radius 1 is 1.24 bits per heavy atom. The second kappa shape index (κ2) is 8.47. The SMILES string of the molecule is CC[C@](C)(OC(C)=O)C(=O)O[C@H]1C(=O)O[C@H]2C[C@@H]3C(C)=C[C@H](O)[C@@H](O)[C@]3(C)[C@H]3[C@@]4(O)OC[C@@]23[C@@H]1[C@@H](C)[C@H]4O. The van der Waals surface area contributed by atoms with E-state index in [0.717, 1.165) is 5.57 Å². The average molecular weight is 539 g/mol. The predicted octanol–water partition coefficient (Wildman–Crippen LogP) is 0.212. The number of esters is 3. The lowest BCUT2D eigenvalue weighted by Crippen LogP contribution is -2.78. The highest BCUT2D eigenvalue weighted by Crippen LogP contribution is 2.74. The fourth-order valence-electron chi connectivity index (χ4n) is 8.71. The first kappa shape index (κ1) is 27.5. The Labute approximate surface area is 221 Å². The van der Waals surface area contributed by atoms with Gasteiger partial charge in [-0.1, -0.05) is 32.4 Å². The van der Waals surface area contributed by atoms with Crippen molar-refractivity contribution < 1.29 is 53.8 Å². The van der Waals surface area contributed by atoms with Crippen molar-refractivity contribution in [1.29, 1.82) is 0 Å². The first-order chi connectivity index (χ1) is 17.6. The normalized spacial score (nSPS) is 50.5. The lowest BCUT2D eigenvalue weighted by molar-refractivity contribution is -0.345. The smallest absolute Gasteiger partial charge is 0.351 e. The van der Waals surface area contributed by atoms with Crippen LogP contribution >= 0.6 is 0 Å². The molecular weight excluding hydrogens is 500 g/mol. The number of fused-ring (bicyclic) bond motifs is 1. The number of carbonyl (C=O) groups is 3. The molecule has 4 fully saturated rings. The molecule has 5 rings (SSSR count). The van der Waals surface area contributed by atoms with Crippen LogP contribution in [0.1, 0.15) is 54.4 Å². The van der Waals surface area contributed by atoms with Gasteiger partial charge in [0.15, 0.2) is 5.79 Å². The molecule has 13 atom stereocenters. The fraction of sp³-hybridized carbons (Fsp3) is 0.815. The molecule has 4 N–H and O–H groups in total. The quantitative estimate of drug-likeness (QED) is 0.219. The highest BCUT2D eigenvalue weighted by molar-refractivity contribution is 5.86. The summed E-state index contributed by atoms with van der Waals surface area (Å²) in [6, 6.07) is 0. The third-order valence-electron chi connectivity index (χ3n) is 10.5. The van der Waals surface area contributed by atoms with E-state index in [1.54, 1.807) is 26.8 Å². The summed E-state index contributed by atoms with van der Waals surface area (Å²) in [7, 11) is 0. The van der Waals surface area contributed by atoms with Crippen LogP contribution in [-0.2, 0) is 33.3 Å². The lowest BCUT2D eigenvalue weighted by Gasteiger charge is -2.68. The van der Waals surface area contributed by atoms with Gasteiger partial charge in [0.25, 0.3) is 0 Å². The molecule has 0 unspecified atom stereocenters. The van der Waals surface area contributed by atoms with Crippen LogP contribution in [-0.4, -0.2) is 86.8 Å². The van der Waals surface area contributed by atoms with Gasteiger partial charge in [-0.25, -0.2) is 9.59 Å². The zero-order chi connectivity index (χ0) is 28.2. The summed E-state index contributed by atoms with van der Waals surface area (Å²) in [6.45, 7) is 9.32. The first-order valence-electron chi connectivity index (χ1n) is 13.3. The summed E-state index contributed by atoms with van der Waals surface area (Å²) in [4.78, 5) is 38.5. The number of ether oxygens (including phenoxy) is 4. The standard InChI is InChI=1S/C27H38O11/c1-7-24(5,38-13(4)28)23(33)37-18-17-12(3)19(30)27(34)22-25(6)14(11(2)8-15(29)20(25)31)9-16(36-21(18)32)26(17,22)10-35-27/h8,12,14-20,22,29-31,34H,7,9-10H2,1-6H3/t12-,14-,15+,16+,17-,18-,19-,20-,22-,24+,25-,26+,27+/m1/s1. The van der Waals surface area contributed by atoms with Gasteiger partial charge in [-0.15, -0.1) is 0 Å². The van der Waals surface area contributed by atoms with Crippen LogP contribution in [0.5, 0.6) is 0 Å². The fourth-order valence-corrected chi connectivity index (χ4v) is 8.71. The molecule has 5 aliphatic rings. The molecule has 11 heteroatoms. The van der Waals surface area contributed by atoms with Crippen LogP contribution in [0.15, 0.2) is 11.6 Å². The Morgan fingerprint density at radius 2 is 1.89 bits per heavy atom. The minimum atomic E-state index is -2.10. The van der Waals surface area contributed by atoms with Gasteiger partial charge >= 0.3 is 17.9 Å². The third kappa shape index (κ3) is 3.22. The molecule has 1 spiro atoms. The van der Waals surface area contributed by atoms with Crippen LogP contribution in [0.2, 0.25) is 0 Å². The molecule has 0 aromatic rings. The van der Waals surface area contributed by atoms with E-state index < -0.39 is 94.3 Å². The number of rotatable bonds is 4. The Balaban J connectivity index is 1.64. The number of aliphatic hydroxyl groups excluding tert-OH is 3. The van der Waals surface area contributed by atoms with Crippen molar-refractivity contribution in [3.8, 4) is 0 Å². The molecule has 2 aliphatic heterocycles. The van der Waals surface area contributed by atoms with Crippen LogP contribution in [0.25, 0.3) is 0 Å². The summed E-state index contributed by atoms with van der Waals surface area (Å²) in [5.41, 5.74) is -3.19. The van der Waals surface area contributed by atoms with Gasteiger partial charge in [0.05, 0.1) is 18.8 Å². The maximum atomic E-state index is 13.5. The topological polar surface area (TPSA) is 169 Å². The molecule has 0 radical (unpaired) electrons. The number of allylic oxidation sites excluding steroid dienone is 1. The predicted molar refractivity (Wildman–Crippen MR) is 128 cm³/mol.